The van der Waals surface area contributed by atoms with E-state index in [1.54, 1.807) is 11.1 Å². The third-order valence-electron chi connectivity index (χ3n) is 8.53. The highest BCUT2D eigenvalue weighted by Gasteiger charge is 2.46. The Morgan fingerprint density at radius 3 is 2.55 bits per heavy atom. The molecule has 10 heteroatoms. The number of aromatic nitrogens is 2. The first kappa shape index (κ1) is 28.7. The van der Waals surface area contributed by atoms with Gasteiger partial charge in [0.15, 0.2) is 11.6 Å². The van der Waals surface area contributed by atoms with Gasteiger partial charge in [0.1, 0.15) is 17.9 Å². The summed E-state index contributed by atoms with van der Waals surface area (Å²) in [6, 6.07) is 4.16. The highest BCUT2D eigenvalue weighted by Crippen LogP contribution is 2.45. The van der Waals surface area contributed by atoms with Gasteiger partial charge in [-0.2, -0.15) is 0 Å². The summed E-state index contributed by atoms with van der Waals surface area (Å²) >= 11 is 0. The first-order chi connectivity index (χ1) is 19.1. The molecule has 1 spiro atoms. The number of amides is 1. The number of anilines is 1. The normalized spacial score (nSPS) is 22.9. The molecule has 1 aromatic carbocycles. The van der Waals surface area contributed by atoms with Crippen molar-refractivity contribution in [2.45, 2.75) is 77.6 Å². The molecule has 40 heavy (non-hydrogen) atoms. The summed E-state index contributed by atoms with van der Waals surface area (Å²) in [5, 5.41) is 0. The fourth-order valence-electron chi connectivity index (χ4n) is 6.40. The monoisotopic (exact) mass is 554 g/mol. The smallest absolute Gasteiger partial charge is 0.258 e. The molecule has 0 saturated carbocycles. The highest BCUT2D eigenvalue weighted by molar-refractivity contribution is 5.97. The Balaban J connectivity index is 1.24. The molecule has 1 aromatic heterocycles. The highest BCUT2D eigenvalue weighted by atomic mass is 19.1. The van der Waals surface area contributed by atoms with Gasteiger partial charge in [0.2, 0.25) is 0 Å². The van der Waals surface area contributed by atoms with E-state index < -0.39 is 5.82 Å². The Morgan fingerprint density at radius 2 is 1.90 bits per heavy atom. The van der Waals surface area contributed by atoms with Gasteiger partial charge in [-0.3, -0.25) is 4.79 Å². The van der Waals surface area contributed by atoms with E-state index in [1.807, 2.05) is 27.7 Å². The van der Waals surface area contributed by atoms with Gasteiger partial charge in [-0.05, 0) is 84.7 Å². The van der Waals surface area contributed by atoms with Crippen molar-refractivity contribution in [3.05, 3.63) is 42.1 Å². The molecule has 1 amide bonds. The quantitative estimate of drug-likeness (QED) is 0.522. The number of halogens is 1. The second kappa shape index (κ2) is 12.0. The topological polar surface area (TPSA) is 97.1 Å². The van der Waals surface area contributed by atoms with Crippen LogP contribution in [0.5, 0.6) is 11.5 Å². The lowest BCUT2D eigenvalue weighted by atomic mass is 9.72. The molecule has 3 aliphatic heterocycles. The van der Waals surface area contributed by atoms with Crippen LogP contribution in [0.3, 0.4) is 0 Å². The zero-order valence-corrected chi connectivity index (χ0v) is 24.2. The molecule has 0 unspecified atom stereocenters. The lowest BCUT2D eigenvalue weighted by Crippen LogP contribution is -2.61. The molecule has 3 saturated heterocycles. The molecule has 0 radical (unpaired) electrons. The maximum absolute atomic E-state index is 14.3. The second-order valence-electron chi connectivity index (χ2n) is 12.3. The van der Waals surface area contributed by atoms with E-state index in [1.165, 1.54) is 24.5 Å². The van der Waals surface area contributed by atoms with Gasteiger partial charge >= 0.3 is 0 Å². The van der Waals surface area contributed by atoms with E-state index in [2.05, 4.69) is 19.8 Å². The van der Waals surface area contributed by atoms with E-state index >= 15 is 0 Å². The first-order valence-corrected chi connectivity index (χ1v) is 14.6. The predicted molar refractivity (Wildman–Crippen MR) is 152 cm³/mol. The lowest BCUT2D eigenvalue weighted by molar-refractivity contribution is -0.0277. The van der Waals surface area contributed by atoms with Crippen LogP contribution in [0.1, 0.15) is 63.7 Å². The predicted octanol–water partition coefficient (Wildman–Crippen LogP) is 4.08. The van der Waals surface area contributed by atoms with Gasteiger partial charge < -0.3 is 29.9 Å². The number of rotatable bonds is 8. The zero-order chi connectivity index (χ0) is 28.4. The van der Waals surface area contributed by atoms with Crippen LogP contribution in [-0.2, 0) is 4.74 Å². The Bertz CT molecular complexity index is 1160. The third kappa shape index (κ3) is 6.24. The molecule has 5 rings (SSSR count). The molecule has 218 valence electrons. The minimum absolute atomic E-state index is 0.0450. The standard InChI is InChI=1S/C30H43FN6O3/c1-20(2)37(21(3)4)29(38)25-13-22(31)5-8-26(25)40-27-14-33-19-34-28(27)36-17-30(18-36)9-11-35(12-10-30)15-24-7-6-23(32)16-39-24/h5,8,13-14,19-21,23-24H,6-7,9-12,15-18,32H2,1-4H3/t23-,24+/m1/s1. The SMILES string of the molecule is CC(C)N(C(=O)c1cc(F)ccc1Oc1cncnc1N1CC2(CCN(C[C@@H]3CC[C@@H](N)CO3)CC2)C1)C(C)C. The fourth-order valence-corrected chi connectivity index (χ4v) is 6.40. The van der Waals surface area contributed by atoms with Crippen molar-refractivity contribution in [2.24, 2.45) is 11.1 Å². The van der Waals surface area contributed by atoms with Crippen molar-refractivity contribution in [2.75, 3.05) is 44.2 Å². The second-order valence-corrected chi connectivity index (χ2v) is 12.3. The summed E-state index contributed by atoms with van der Waals surface area (Å²) < 4.78 is 26.5. The molecule has 2 N–H and O–H groups in total. The number of carbonyl (C=O) groups excluding carboxylic acids is 1. The van der Waals surface area contributed by atoms with Crippen molar-refractivity contribution < 1.29 is 18.7 Å². The average molecular weight is 555 g/mol. The van der Waals surface area contributed by atoms with Crippen molar-refractivity contribution in [3.8, 4) is 11.5 Å². The Labute approximate surface area is 236 Å². The summed E-state index contributed by atoms with van der Waals surface area (Å²) in [6.07, 6.45) is 7.78. The molecule has 3 aliphatic rings. The Hall–Kier alpha value is -2.82. The van der Waals surface area contributed by atoms with E-state index in [0.717, 1.165) is 58.4 Å². The number of hydrogen-bond donors (Lipinski definition) is 1. The van der Waals surface area contributed by atoms with Crippen LogP contribution in [-0.4, -0.2) is 89.2 Å². The van der Waals surface area contributed by atoms with E-state index in [4.69, 9.17) is 15.2 Å². The minimum Gasteiger partial charge on any atom is -0.451 e. The molecular weight excluding hydrogens is 511 g/mol. The molecule has 3 fully saturated rings. The third-order valence-corrected chi connectivity index (χ3v) is 8.53. The first-order valence-electron chi connectivity index (χ1n) is 14.6. The van der Waals surface area contributed by atoms with Crippen LogP contribution in [0.15, 0.2) is 30.7 Å². The number of piperidine rings is 1. The van der Waals surface area contributed by atoms with Crippen molar-refractivity contribution in [1.29, 1.82) is 0 Å². The Kier molecular flexibility index (Phi) is 8.58. The Morgan fingerprint density at radius 1 is 1.18 bits per heavy atom. The van der Waals surface area contributed by atoms with Gasteiger partial charge in [0.25, 0.3) is 5.91 Å². The number of carbonyl (C=O) groups is 1. The van der Waals surface area contributed by atoms with Crippen molar-refractivity contribution in [3.63, 3.8) is 0 Å². The molecule has 9 nitrogen and oxygen atoms in total. The summed E-state index contributed by atoms with van der Waals surface area (Å²) in [5.41, 5.74) is 6.43. The summed E-state index contributed by atoms with van der Waals surface area (Å²) in [6.45, 7) is 13.4. The number of hydrogen-bond acceptors (Lipinski definition) is 8. The molecule has 2 aromatic rings. The van der Waals surface area contributed by atoms with Crippen molar-refractivity contribution >= 4 is 11.7 Å². The van der Waals surface area contributed by atoms with Crippen LogP contribution >= 0.6 is 0 Å². The van der Waals surface area contributed by atoms with Crippen LogP contribution in [0.25, 0.3) is 0 Å². The molecule has 0 aliphatic carbocycles. The summed E-state index contributed by atoms with van der Waals surface area (Å²) in [7, 11) is 0. The van der Waals surface area contributed by atoms with Crippen molar-refractivity contribution in [1.82, 2.24) is 19.8 Å². The molecule has 4 heterocycles. The van der Waals surface area contributed by atoms with Crippen LogP contribution in [0.4, 0.5) is 10.2 Å². The van der Waals surface area contributed by atoms with E-state index in [9.17, 15) is 9.18 Å². The zero-order valence-electron chi connectivity index (χ0n) is 24.2. The fraction of sp³-hybridized carbons (Fsp3) is 0.633. The van der Waals surface area contributed by atoms with Crippen LogP contribution in [0.2, 0.25) is 0 Å². The summed E-state index contributed by atoms with van der Waals surface area (Å²) in [5.74, 6) is 0.700. The van der Waals surface area contributed by atoms with Gasteiger partial charge in [-0.1, -0.05) is 0 Å². The van der Waals surface area contributed by atoms with Crippen LogP contribution in [0, 0.1) is 11.2 Å². The number of likely N-dealkylation sites (tertiary alicyclic amines) is 1. The van der Waals surface area contributed by atoms with Gasteiger partial charge in [0, 0.05) is 43.2 Å². The maximum Gasteiger partial charge on any atom is 0.258 e. The molecule has 2 atom stereocenters. The largest absolute Gasteiger partial charge is 0.451 e. The molecular formula is C30H43FN6O3. The number of nitrogens with zero attached hydrogens (tertiary/aromatic N) is 5. The van der Waals surface area contributed by atoms with E-state index in [0.29, 0.717) is 30.0 Å². The van der Waals surface area contributed by atoms with Gasteiger partial charge in [0.05, 0.1) is 24.5 Å². The minimum atomic E-state index is -0.484. The van der Waals surface area contributed by atoms with Gasteiger partial charge in [-0.15, -0.1) is 0 Å². The molecule has 0 bridgehead atoms. The van der Waals surface area contributed by atoms with E-state index in [-0.39, 0.29) is 35.0 Å². The number of nitrogens with two attached hydrogens (primary N) is 1. The average Bonchev–Trinajstić information content (AvgIpc) is 2.90. The van der Waals surface area contributed by atoms with Crippen LogP contribution < -0.4 is 15.4 Å². The lowest BCUT2D eigenvalue weighted by Gasteiger charge is -2.54. The number of benzene rings is 1. The maximum atomic E-state index is 14.3. The summed E-state index contributed by atoms with van der Waals surface area (Å²) in [4.78, 5) is 28.7. The van der Waals surface area contributed by atoms with Gasteiger partial charge in [-0.25, -0.2) is 14.4 Å². The number of ether oxygens (including phenoxy) is 2.